The lowest BCUT2D eigenvalue weighted by Crippen LogP contribution is -3.07. The maximum Gasteiger partial charge on any atom is 0.341 e. The van der Waals surface area contributed by atoms with Gasteiger partial charge in [-0.1, -0.05) is 12.1 Å². The predicted molar refractivity (Wildman–Crippen MR) is 83.9 cm³/mol. The Bertz CT molecular complexity index is 863. The summed E-state index contributed by atoms with van der Waals surface area (Å²) in [6, 6.07) is 8.95. The van der Waals surface area contributed by atoms with Gasteiger partial charge in [0.25, 0.3) is 11.6 Å². The zero-order valence-corrected chi connectivity index (χ0v) is 12.2. The van der Waals surface area contributed by atoms with Gasteiger partial charge in [0.1, 0.15) is 0 Å². The molecular weight excluding hydrogens is 314 g/mol. The van der Waals surface area contributed by atoms with E-state index < -0.39 is 22.5 Å². The highest BCUT2D eigenvalue weighted by molar-refractivity contribution is 6.57. The number of hydroxylamine groups is 1. The number of nitrogens with zero attached hydrogens (tertiary/aromatic N) is 3. The molecule has 24 heavy (non-hydrogen) atoms. The Labute approximate surface area is 135 Å². The van der Waals surface area contributed by atoms with Gasteiger partial charge in [-0.15, -0.1) is 5.10 Å². The number of pyridine rings is 1. The van der Waals surface area contributed by atoms with Crippen molar-refractivity contribution in [3.05, 3.63) is 64.8 Å². The van der Waals surface area contributed by atoms with E-state index in [0.29, 0.717) is 4.74 Å². The summed E-state index contributed by atoms with van der Waals surface area (Å²) in [6.45, 7) is 0. The van der Waals surface area contributed by atoms with E-state index in [-0.39, 0.29) is 23.2 Å². The zero-order valence-electron chi connectivity index (χ0n) is 12.2. The summed E-state index contributed by atoms with van der Waals surface area (Å²) in [6.07, 6.45) is 3.08. The summed E-state index contributed by atoms with van der Waals surface area (Å²) in [5.41, 5.74) is 2.14. The number of carbonyl (C=O) groups is 2. The van der Waals surface area contributed by atoms with Crippen molar-refractivity contribution in [1.29, 1.82) is 0 Å². The molecule has 9 nitrogen and oxygen atoms in total. The Morgan fingerprint density at radius 2 is 1.96 bits per heavy atom. The van der Waals surface area contributed by atoms with Crippen LogP contribution in [-0.4, -0.2) is 33.5 Å². The molecule has 2 aromatic rings. The highest BCUT2D eigenvalue weighted by Gasteiger charge is 2.36. The van der Waals surface area contributed by atoms with E-state index in [1.54, 1.807) is 12.1 Å². The maximum atomic E-state index is 12.4. The Balaban J connectivity index is 1.97. The second kappa shape index (κ2) is 6.36. The number of hydrogen-bond donors (Lipinski definition) is 2. The molecule has 0 aliphatic carbocycles. The molecule has 2 N–H and O–H groups in total. The first-order chi connectivity index (χ1) is 11.6. The molecule has 1 aliphatic rings. The van der Waals surface area contributed by atoms with Gasteiger partial charge < -0.3 is 10.4 Å². The van der Waals surface area contributed by atoms with Crippen molar-refractivity contribution in [1.82, 2.24) is 10.4 Å². The monoisotopic (exact) mass is 325 g/mol. The number of hydrazone groups is 1. The lowest BCUT2D eigenvalue weighted by Gasteiger charge is -2.25. The van der Waals surface area contributed by atoms with E-state index in [1.807, 2.05) is 0 Å². The van der Waals surface area contributed by atoms with Crippen LogP contribution >= 0.6 is 0 Å². The number of hydrogen-bond acceptors (Lipinski definition) is 6. The quantitative estimate of drug-likeness (QED) is 0.345. The molecule has 0 saturated heterocycles. The third-order valence-corrected chi connectivity index (χ3v) is 3.37. The first-order valence-corrected chi connectivity index (χ1v) is 6.85. The molecule has 1 aromatic heterocycles. The largest absolute Gasteiger partial charge is 0.622 e. The minimum Gasteiger partial charge on any atom is -0.622 e. The van der Waals surface area contributed by atoms with Crippen molar-refractivity contribution >= 4 is 35.1 Å². The van der Waals surface area contributed by atoms with Crippen LogP contribution in [0, 0.1) is 10.4 Å². The number of aromatic nitrogens is 1. The normalized spacial score (nSPS) is 18.2. The Morgan fingerprint density at radius 1 is 1.25 bits per heavy atom. The van der Waals surface area contributed by atoms with Gasteiger partial charge in [-0.2, -0.15) is 4.74 Å². The van der Waals surface area contributed by atoms with Gasteiger partial charge in [0.2, 0.25) is 12.0 Å². The first-order valence-electron chi connectivity index (χ1n) is 6.85. The van der Waals surface area contributed by atoms with Crippen molar-refractivity contribution < 1.29 is 19.4 Å². The summed E-state index contributed by atoms with van der Waals surface area (Å²) >= 11 is 0. The standard InChI is InChI=1S/C15H11N5O4/c21-9-13-14(17-18-15(22)10-5-7-16-8-6-10)20(24)12-4-2-1-3-11(12)19(13)23/h1-9,20H,(H,18,22). The summed E-state index contributed by atoms with van der Waals surface area (Å²) in [7, 11) is 0. The number of amides is 1. The Hall–Kier alpha value is -3.43. The van der Waals surface area contributed by atoms with Crippen molar-refractivity contribution in [3.63, 3.8) is 0 Å². The maximum absolute atomic E-state index is 12.4. The number of benzene rings is 1. The second-order valence-electron chi connectivity index (χ2n) is 4.78. The van der Waals surface area contributed by atoms with E-state index in [2.05, 4.69) is 15.5 Å². The van der Waals surface area contributed by atoms with Gasteiger partial charge in [-0.05, 0) is 12.1 Å². The van der Waals surface area contributed by atoms with Crippen LogP contribution < -0.4 is 10.5 Å². The summed E-state index contributed by atoms with van der Waals surface area (Å²) in [5.74, 6) is -1.01. The molecule has 1 atom stereocenters. The van der Waals surface area contributed by atoms with Gasteiger partial charge in [-0.25, -0.2) is 5.43 Å². The molecule has 120 valence electrons. The number of rotatable bonds is 3. The van der Waals surface area contributed by atoms with E-state index in [9.17, 15) is 20.0 Å². The highest BCUT2D eigenvalue weighted by Crippen LogP contribution is 2.22. The second-order valence-corrected chi connectivity index (χ2v) is 4.78. The van der Waals surface area contributed by atoms with Crippen molar-refractivity contribution in [2.75, 3.05) is 0 Å². The Kier molecular flexibility index (Phi) is 4.10. The van der Waals surface area contributed by atoms with Crippen LogP contribution in [0.4, 0.5) is 11.4 Å². The zero-order chi connectivity index (χ0) is 17.1. The number of aldehydes is 1. The lowest BCUT2D eigenvalue weighted by molar-refractivity contribution is -0.673. The fraction of sp³-hybridized carbons (Fsp3) is 0. The van der Waals surface area contributed by atoms with E-state index >= 15 is 0 Å². The van der Waals surface area contributed by atoms with Crippen LogP contribution in [0.25, 0.3) is 0 Å². The van der Waals surface area contributed by atoms with Crippen LogP contribution in [0.15, 0.2) is 53.9 Å². The minimum atomic E-state index is -0.616. The molecule has 3 rings (SSSR count). The molecule has 1 unspecified atom stereocenters. The average molecular weight is 325 g/mol. The summed E-state index contributed by atoms with van der Waals surface area (Å²) in [4.78, 5) is 27.0. The fourth-order valence-electron chi connectivity index (χ4n) is 2.20. The van der Waals surface area contributed by atoms with Gasteiger partial charge in [0.15, 0.2) is 0 Å². The Morgan fingerprint density at radius 3 is 2.67 bits per heavy atom. The van der Waals surface area contributed by atoms with Crippen LogP contribution in [0.3, 0.4) is 0 Å². The summed E-state index contributed by atoms with van der Waals surface area (Å²) in [5, 5.41) is 27.7. The minimum absolute atomic E-state index is 0.0593. The van der Waals surface area contributed by atoms with Crippen LogP contribution in [0.5, 0.6) is 0 Å². The molecule has 1 aliphatic heterocycles. The number of carbonyl (C=O) groups excluding carboxylic acids is 2. The third-order valence-electron chi connectivity index (χ3n) is 3.37. The molecule has 0 radical (unpaired) electrons. The van der Waals surface area contributed by atoms with Crippen LogP contribution in [0.2, 0.25) is 0 Å². The van der Waals surface area contributed by atoms with Crippen molar-refractivity contribution in [2.45, 2.75) is 0 Å². The van der Waals surface area contributed by atoms with E-state index in [1.165, 1.54) is 36.7 Å². The number of nitrogens with one attached hydrogen (secondary N) is 2. The van der Waals surface area contributed by atoms with E-state index in [4.69, 9.17) is 0 Å². The SMILES string of the molecule is O=CC1=[N+]([O-])c2ccccc2[NH+]([O-])C1=NNC(=O)c1ccncc1. The van der Waals surface area contributed by atoms with Gasteiger partial charge >= 0.3 is 11.5 Å². The molecule has 0 fully saturated rings. The van der Waals surface area contributed by atoms with Gasteiger partial charge in [-0.3, -0.25) is 19.6 Å². The predicted octanol–water partition coefficient (Wildman–Crippen LogP) is -0.365. The molecule has 9 heteroatoms. The number of para-hydroxylation sites is 2. The fourth-order valence-corrected chi connectivity index (χ4v) is 2.20. The topological polar surface area (TPSA) is 125 Å². The molecule has 0 saturated carbocycles. The van der Waals surface area contributed by atoms with E-state index in [0.717, 1.165) is 0 Å². The molecule has 1 amide bonds. The van der Waals surface area contributed by atoms with Gasteiger partial charge in [0.05, 0.1) is 0 Å². The lowest BCUT2D eigenvalue weighted by atomic mass is 10.2. The molecule has 2 heterocycles. The smallest absolute Gasteiger partial charge is 0.341 e. The number of quaternary nitrogens is 1. The van der Waals surface area contributed by atoms with Gasteiger partial charge in [0, 0.05) is 30.1 Å². The first kappa shape index (κ1) is 15.5. The number of fused-ring (bicyclic) bond motifs is 1. The molecule has 0 spiro atoms. The summed E-state index contributed by atoms with van der Waals surface area (Å²) < 4.78 is 0.321. The molecule has 1 aromatic carbocycles. The molecule has 0 bridgehead atoms. The molecular formula is C15H11N5O4. The number of amidine groups is 1. The average Bonchev–Trinajstić information content (AvgIpc) is 2.64. The van der Waals surface area contributed by atoms with Crippen LogP contribution in [-0.2, 0) is 4.79 Å². The third kappa shape index (κ3) is 2.64. The van der Waals surface area contributed by atoms with Crippen LogP contribution in [0.1, 0.15) is 10.4 Å². The highest BCUT2D eigenvalue weighted by atomic mass is 16.5. The van der Waals surface area contributed by atoms with Crippen molar-refractivity contribution in [3.8, 4) is 0 Å². The van der Waals surface area contributed by atoms with Crippen molar-refractivity contribution in [2.24, 2.45) is 5.10 Å².